The number of nitrogens with one attached hydrogen (secondary N) is 1. The third-order valence-electron chi connectivity index (χ3n) is 6.16. The van der Waals surface area contributed by atoms with Crippen molar-refractivity contribution in [1.82, 2.24) is 14.8 Å². The van der Waals surface area contributed by atoms with E-state index >= 15 is 0 Å². The molecule has 1 aliphatic heterocycles. The maximum absolute atomic E-state index is 13.2. The number of rotatable bonds is 5. The van der Waals surface area contributed by atoms with Crippen molar-refractivity contribution < 1.29 is 14.4 Å². The van der Waals surface area contributed by atoms with E-state index in [1.165, 1.54) is 0 Å². The molecule has 1 saturated heterocycles. The van der Waals surface area contributed by atoms with Gasteiger partial charge >= 0.3 is 6.03 Å². The van der Waals surface area contributed by atoms with Gasteiger partial charge in [0.2, 0.25) is 0 Å². The third-order valence-corrected chi connectivity index (χ3v) is 6.16. The highest BCUT2D eigenvalue weighted by Gasteiger charge is 2.49. The maximum atomic E-state index is 13.2. The number of Topliss-reactive ketones (excluding diaryl/α,β-unsaturated/α-hetero) is 1. The second-order valence-electron chi connectivity index (χ2n) is 8.52. The van der Waals surface area contributed by atoms with Crippen molar-refractivity contribution in [2.24, 2.45) is 0 Å². The number of hydrogen-bond donors (Lipinski definition) is 1. The van der Waals surface area contributed by atoms with Gasteiger partial charge < -0.3 is 9.88 Å². The number of imide groups is 1. The van der Waals surface area contributed by atoms with Gasteiger partial charge in [0.25, 0.3) is 5.91 Å². The molecule has 1 N–H and O–H groups in total. The number of carbonyl (C=O) groups excluding carboxylic acids is 3. The number of urea groups is 1. The molecular weight excluding hydrogens is 416 g/mol. The first-order valence-electron chi connectivity index (χ1n) is 10.6. The van der Waals surface area contributed by atoms with Crippen molar-refractivity contribution in [3.8, 4) is 11.8 Å². The zero-order valence-electron chi connectivity index (χ0n) is 19.0. The van der Waals surface area contributed by atoms with Crippen molar-refractivity contribution in [1.29, 1.82) is 5.26 Å². The molecule has 1 aliphatic rings. The Kier molecular flexibility index (Phi) is 5.38. The van der Waals surface area contributed by atoms with E-state index < -0.39 is 17.5 Å². The molecule has 0 saturated carbocycles. The minimum atomic E-state index is -1.30. The van der Waals surface area contributed by atoms with Crippen molar-refractivity contribution >= 4 is 17.7 Å². The van der Waals surface area contributed by atoms with Gasteiger partial charge in [-0.05, 0) is 69.2 Å². The average molecular weight is 441 g/mol. The van der Waals surface area contributed by atoms with Crippen LogP contribution in [0.4, 0.5) is 4.79 Å². The van der Waals surface area contributed by atoms with Crippen LogP contribution in [0.5, 0.6) is 0 Å². The molecule has 2 aromatic carbocycles. The third kappa shape index (κ3) is 3.70. The number of aromatic nitrogens is 1. The monoisotopic (exact) mass is 440 g/mol. The quantitative estimate of drug-likeness (QED) is 0.480. The van der Waals surface area contributed by atoms with Gasteiger partial charge in [-0.2, -0.15) is 5.26 Å². The van der Waals surface area contributed by atoms with E-state index in [1.54, 1.807) is 37.3 Å². The zero-order chi connectivity index (χ0) is 23.9. The Morgan fingerprint density at radius 3 is 2.39 bits per heavy atom. The Hall–Kier alpha value is -4.18. The molecule has 1 fully saturated rings. The summed E-state index contributed by atoms with van der Waals surface area (Å²) in [6, 6.07) is 17.6. The summed E-state index contributed by atoms with van der Waals surface area (Å²) in [7, 11) is 0. The fourth-order valence-electron chi connectivity index (χ4n) is 4.35. The topological polar surface area (TPSA) is 95.2 Å². The lowest BCUT2D eigenvalue weighted by Gasteiger charge is -2.22. The number of benzene rings is 2. The summed E-state index contributed by atoms with van der Waals surface area (Å²) in [6.45, 7) is 7.03. The number of nitrogens with zero attached hydrogens (tertiary/aromatic N) is 3. The Balaban J connectivity index is 1.60. The van der Waals surface area contributed by atoms with Crippen molar-refractivity contribution in [2.45, 2.75) is 33.2 Å². The van der Waals surface area contributed by atoms with Crippen molar-refractivity contribution in [3.63, 3.8) is 0 Å². The standard InChI is InChI=1S/C26H24N4O3/c1-16-6-5-7-21(12-16)30-17(2)13-22(18(30)3)23(31)15-29-24(32)26(4,28-25(29)33)20-10-8-19(14-27)9-11-20/h5-13H,15H2,1-4H3,(H,28,33). The Morgan fingerprint density at radius 1 is 1.06 bits per heavy atom. The number of nitriles is 1. The summed E-state index contributed by atoms with van der Waals surface area (Å²) in [5.74, 6) is -0.812. The van der Waals surface area contributed by atoms with E-state index in [9.17, 15) is 14.4 Å². The largest absolute Gasteiger partial charge is 0.325 e. The number of amides is 3. The predicted molar refractivity (Wildman–Crippen MR) is 123 cm³/mol. The highest BCUT2D eigenvalue weighted by atomic mass is 16.2. The molecule has 0 radical (unpaired) electrons. The summed E-state index contributed by atoms with van der Waals surface area (Å²) in [5.41, 5.74) is 3.88. The lowest BCUT2D eigenvalue weighted by Crippen LogP contribution is -2.41. The van der Waals surface area contributed by atoms with Gasteiger partial charge in [0.15, 0.2) is 5.78 Å². The number of hydrogen-bond acceptors (Lipinski definition) is 4. The van der Waals surface area contributed by atoms with Crippen LogP contribution in [0.1, 0.15) is 45.4 Å². The van der Waals surface area contributed by atoms with Crippen LogP contribution in [0.3, 0.4) is 0 Å². The average Bonchev–Trinajstić information content (AvgIpc) is 3.21. The molecule has 0 aliphatic carbocycles. The maximum Gasteiger partial charge on any atom is 0.325 e. The first kappa shape index (κ1) is 22.0. The molecule has 33 heavy (non-hydrogen) atoms. The molecule has 1 unspecified atom stereocenters. The Bertz CT molecular complexity index is 1330. The summed E-state index contributed by atoms with van der Waals surface area (Å²) >= 11 is 0. The Morgan fingerprint density at radius 2 is 1.76 bits per heavy atom. The molecule has 3 amide bonds. The van der Waals surface area contributed by atoms with Gasteiger partial charge in [0.1, 0.15) is 5.54 Å². The van der Waals surface area contributed by atoms with Crippen LogP contribution in [-0.4, -0.2) is 33.7 Å². The molecule has 0 spiro atoms. The van der Waals surface area contributed by atoms with Gasteiger partial charge in [-0.3, -0.25) is 14.5 Å². The summed E-state index contributed by atoms with van der Waals surface area (Å²) in [6.07, 6.45) is 0. The molecule has 4 rings (SSSR count). The minimum Gasteiger partial charge on any atom is -0.319 e. The lowest BCUT2D eigenvalue weighted by molar-refractivity contribution is -0.130. The summed E-state index contributed by atoms with van der Waals surface area (Å²) in [5, 5.41) is 11.7. The molecule has 7 nitrogen and oxygen atoms in total. The molecule has 1 atom stereocenters. The summed E-state index contributed by atoms with van der Waals surface area (Å²) in [4.78, 5) is 40.0. The van der Waals surface area contributed by atoms with Crippen LogP contribution in [0.2, 0.25) is 0 Å². The van der Waals surface area contributed by atoms with Crippen LogP contribution in [0.25, 0.3) is 5.69 Å². The highest BCUT2D eigenvalue weighted by molar-refractivity contribution is 6.11. The molecule has 1 aromatic heterocycles. The second kappa shape index (κ2) is 8.06. The predicted octanol–water partition coefficient (Wildman–Crippen LogP) is 3.92. The fraction of sp³-hybridized carbons (Fsp3) is 0.231. The van der Waals surface area contributed by atoms with Gasteiger partial charge in [-0.25, -0.2) is 4.79 Å². The van der Waals surface area contributed by atoms with E-state index in [1.807, 2.05) is 55.7 Å². The van der Waals surface area contributed by atoms with E-state index in [4.69, 9.17) is 5.26 Å². The molecule has 2 heterocycles. The Labute approximate surface area is 192 Å². The normalized spacial score (nSPS) is 17.7. The lowest BCUT2D eigenvalue weighted by atomic mass is 9.91. The number of ketones is 1. The van der Waals surface area contributed by atoms with E-state index in [0.29, 0.717) is 16.7 Å². The van der Waals surface area contributed by atoms with Crippen LogP contribution >= 0.6 is 0 Å². The SMILES string of the molecule is Cc1cccc(-n2c(C)cc(C(=O)CN3C(=O)NC(C)(c4ccc(C#N)cc4)C3=O)c2C)c1. The van der Waals surface area contributed by atoms with Crippen LogP contribution in [-0.2, 0) is 10.3 Å². The molecule has 7 heteroatoms. The number of aryl methyl sites for hydroxylation is 2. The van der Waals surface area contributed by atoms with E-state index in [-0.39, 0.29) is 12.3 Å². The first-order chi connectivity index (χ1) is 15.7. The smallest absolute Gasteiger partial charge is 0.319 e. The highest BCUT2D eigenvalue weighted by Crippen LogP contribution is 2.30. The molecule has 166 valence electrons. The van der Waals surface area contributed by atoms with Gasteiger partial charge in [0.05, 0.1) is 18.2 Å². The zero-order valence-corrected chi connectivity index (χ0v) is 19.0. The molecule has 3 aromatic rings. The van der Waals surface area contributed by atoms with Crippen LogP contribution < -0.4 is 5.32 Å². The van der Waals surface area contributed by atoms with E-state index in [2.05, 4.69) is 5.32 Å². The second-order valence-corrected chi connectivity index (χ2v) is 8.52. The molecule has 0 bridgehead atoms. The van der Waals surface area contributed by atoms with Gasteiger partial charge in [-0.15, -0.1) is 0 Å². The first-order valence-corrected chi connectivity index (χ1v) is 10.6. The number of carbonyl (C=O) groups is 3. The minimum absolute atomic E-state index is 0.311. The van der Waals surface area contributed by atoms with Crippen molar-refractivity contribution in [2.75, 3.05) is 6.54 Å². The van der Waals surface area contributed by atoms with E-state index in [0.717, 1.165) is 27.5 Å². The van der Waals surface area contributed by atoms with Gasteiger partial charge in [-0.1, -0.05) is 24.3 Å². The van der Waals surface area contributed by atoms with Crippen molar-refractivity contribution in [3.05, 3.63) is 88.2 Å². The fourth-order valence-corrected chi connectivity index (χ4v) is 4.35. The molecular formula is C26H24N4O3. The van der Waals surface area contributed by atoms with Gasteiger partial charge in [0, 0.05) is 22.6 Å². The van der Waals surface area contributed by atoms with Crippen LogP contribution in [0, 0.1) is 32.1 Å². The van der Waals surface area contributed by atoms with Crippen LogP contribution in [0.15, 0.2) is 54.6 Å². The summed E-state index contributed by atoms with van der Waals surface area (Å²) < 4.78 is 1.99.